The highest BCUT2D eigenvalue weighted by molar-refractivity contribution is 5.61. The number of morpholine rings is 1. The lowest BCUT2D eigenvalue weighted by molar-refractivity contribution is -0.384. The van der Waals surface area contributed by atoms with Crippen molar-refractivity contribution >= 4 is 11.5 Å². The second-order valence-electron chi connectivity index (χ2n) is 4.80. The smallest absolute Gasteiger partial charge is 0.333 e. The first-order chi connectivity index (χ1) is 8.40. The maximum atomic E-state index is 11.2. The average molecular weight is 254 g/mol. The number of nitro groups is 1. The van der Waals surface area contributed by atoms with Crippen molar-refractivity contribution in [3.8, 4) is 0 Å². The van der Waals surface area contributed by atoms with Gasteiger partial charge < -0.3 is 9.64 Å². The van der Waals surface area contributed by atoms with E-state index in [0.717, 1.165) is 0 Å². The van der Waals surface area contributed by atoms with Crippen molar-refractivity contribution in [3.63, 3.8) is 0 Å². The van der Waals surface area contributed by atoms with Crippen LogP contribution in [0, 0.1) is 17.0 Å². The van der Waals surface area contributed by atoms with E-state index in [-0.39, 0.29) is 22.8 Å². The molecule has 1 fully saturated rings. The molecule has 0 N–H and O–H groups in total. The summed E-state index contributed by atoms with van der Waals surface area (Å²) in [5.41, 5.74) is 0.545. The number of nitrogens with zero attached hydrogens (tertiary/aromatic N) is 4. The highest BCUT2D eigenvalue weighted by Gasteiger charge is 2.32. The molecule has 7 nitrogen and oxygen atoms in total. The maximum Gasteiger partial charge on any atom is 0.333 e. The summed E-state index contributed by atoms with van der Waals surface area (Å²) in [6, 6.07) is 0. The number of rotatable bonds is 2. The van der Waals surface area contributed by atoms with Crippen LogP contribution >= 0.6 is 0 Å². The van der Waals surface area contributed by atoms with Gasteiger partial charge in [0, 0.05) is 20.1 Å². The Morgan fingerprint density at radius 1 is 1.39 bits per heavy atom. The third kappa shape index (κ3) is 2.17. The van der Waals surface area contributed by atoms with Crippen LogP contribution in [0.25, 0.3) is 0 Å². The predicted molar refractivity (Wildman–Crippen MR) is 66.8 cm³/mol. The Morgan fingerprint density at radius 3 is 2.44 bits per heavy atom. The molecule has 1 aromatic heterocycles. The highest BCUT2D eigenvalue weighted by atomic mass is 16.6. The molecule has 100 valence electrons. The van der Waals surface area contributed by atoms with Crippen molar-refractivity contribution in [1.29, 1.82) is 0 Å². The minimum Gasteiger partial charge on any atom is -0.372 e. The van der Waals surface area contributed by atoms with Gasteiger partial charge in [0.05, 0.1) is 17.1 Å². The lowest BCUT2D eigenvalue weighted by atomic mass is 10.2. The van der Waals surface area contributed by atoms with Crippen molar-refractivity contribution in [2.75, 3.05) is 18.0 Å². The number of ether oxygens (including phenoxy) is 1. The number of aromatic nitrogens is 2. The van der Waals surface area contributed by atoms with Gasteiger partial charge >= 0.3 is 5.69 Å². The number of hydrogen-bond acceptors (Lipinski definition) is 5. The van der Waals surface area contributed by atoms with Crippen molar-refractivity contribution in [2.45, 2.75) is 33.0 Å². The first-order valence-corrected chi connectivity index (χ1v) is 5.98. The summed E-state index contributed by atoms with van der Waals surface area (Å²) in [7, 11) is 1.74. The van der Waals surface area contributed by atoms with Gasteiger partial charge in [-0.15, -0.1) is 0 Å². The van der Waals surface area contributed by atoms with Gasteiger partial charge in [0.1, 0.15) is 5.69 Å². The minimum atomic E-state index is -0.359. The molecule has 1 aliphatic heterocycles. The molecule has 1 saturated heterocycles. The standard InChI is InChI=1S/C11H18N4O3/c1-7-5-14(6-8(2)18-7)11-10(15(16)17)9(3)12-13(11)4/h7-8H,5-6H2,1-4H3/t7-,8-/m0/s1. The van der Waals surface area contributed by atoms with Crippen LogP contribution < -0.4 is 4.90 Å². The predicted octanol–water partition coefficient (Wildman–Crippen LogP) is 1.25. The van der Waals surface area contributed by atoms with Crippen molar-refractivity contribution in [2.24, 2.45) is 7.05 Å². The van der Waals surface area contributed by atoms with Gasteiger partial charge in [0.2, 0.25) is 5.82 Å². The molecule has 0 saturated carbocycles. The van der Waals surface area contributed by atoms with Gasteiger partial charge in [-0.25, -0.2) is 4.68 Å². The van der Waals surface area contributed by atoms with Crippen molar-refractivity contribution < 1.29 is 9.66 Å². The molecule has 2 atom stereocenters. The van der Waals surface area contributed by atoms with E-state index in [1.807, 2.05) is 18.7 Å². The Bertz CT molecular complexity index is 461. The molecular formula is C11H18N4O3. The number of hydrogen-bond donors (Lipinski definition) is 0. The Morgan fingerprint density at radius 2 is 1.94 bits per heavy atom. The second kappa shape index (κ2) is 4.56. The average Bonchev–Trinajstić information content (AvgIpc) is 2.51. The van der Waals surface area contributed by atoms with Crippen LogP contribution in [0.3, 0.4) is 0 Å². The van der Waals surface area contributed by atoms with Gasteiger partial charge in [-0.2, -0.15) is 5.10 Å². The van der Waals surface area contributed by atoms with E-state index in [4.69, 9.17) is 4.74 Å². The summed E-state index contributed by atoms with van der Waals surface area (Å²) < 4.78 is 7.23. The SMILES string of the molecule is Cc1nn(C)c(N2C[C@H](C)O[C@@H](C)C2)c1[N+](=O)[O-]. The van der Waals surface area contributed by atoms with Gasteiger partial charge in [0.15, 0.2) is 0 Å². The van der Waals surface area contributed by atoms with Crippen LogP contribution in [0.1, 0.15) is 19.5 Å². The molecule has 0 amide bonds. The van der Waals surface area contributed by atoms with E-state index in [2.05, 4.69) is 5.10 Å². The Kier molecular flexibility index (Phi) is 3.25. The van der Waals surface area contributed by atoms with Crippen molar-refractivity contribution in [1.82, 2.24) is 9.78 Å². The molecule has 0 radical (unpaired) electrons. The van der Waals surface area contributed by atoms with E-state index in [9.17, 15) is 10.1 Å². The van der Waals surface area contributed by atoms with Crippen LogP contribution in [-0.2, 0) is 11.8 Å². The summed E-state index contributed by atoms with van der Waals surface area (Å²) >= 11 is 0. The molecule has 0 aromatic carbocycles. The lowest BCUT2D eigenvalue weighted by Crippen LogP contribution is -2.46. The molecule has 1 aliphatic rings. The summed E-state index contributed by atoms with van der Waals surface area (Å²) in [5.74, 6) is 0.569. The Hall–Kier alpha value is -1.63. The molecular weight excluding hydrogens is 236 g/mol. The zero-order valence-electron chi connectivity index (χ0n) is 11.1. The maximum absolute atomic E-state index is 11.2. The van der Waals surface area contributed by atoms with Crippen LogP contribution in [-0.4, -0.2) is 40.0 Å². The quantitative estimate of drug-likeness (QED) is 0.586. The van der Waals surface area contributed by atoms with Gasteiger partial charge in [-0.1, -0.05) is 0 Å². The summed E-state index contributed by atoms with van der Waals surface area (Å²) in [6.45, 7) is 6.89. The van der Waals surface area contributed by atoms with Crippen LogP contribution in [0.2, 0.25) is 0 Å². The topological polar surface area (TPSA) is 73.4 Å². The van der Waals surface area contributed by atoms with Gasteiger partial charge in [-0.3, -0.25) is 10.1 Å². The number of aryl methyl sites for hydroxylation is 2. The first-order valence-electron chi connectivity index (χ1n) is 5.98. The third-order valence-electron chi connectivity index (χ3n) is 3.06. The fourth-order valence-electron chi connectivity index (χ4n) is 2.55. The monoisotopic (exact) mass is 254 g/mol. The molecule has 2 heterocycles. The molecule has 0 spiro atoms. The molecule has 2 rings (SSSR count). The van der Waals surface area contributed by atoms with E-state index < -0.39 is 0 Å². The largest absolute Gasteiger partial charge is 0.372 e. The minimum absolute atomic E-state index is 0.0589. The van der Waals surface area contributed by atoms with Crippen LogP contribution in [0.15, 0.2) is 0 Å². The molecule has 18 heavy (non-hydrogen) atoms. The molecule has 1 aromatic rings. The fraction of sp³-hybridized carbons (Fsp3) is 0.727. The summed E-state index contributed by atoms with van der Waals surface area (Å²) in [4.78, 5) is 12.8. The van der Waals surface area contributed by atoms with E-state index in [0.29, 0.717) is 24.6 Å². The molecule has 7 heteroatoms. The number of anilines is 1. The molecule has 0 bridgehead atoms. The van der Waals surface area contributed by atoms with Crippen molar-refractivity contribution in [3.05, 3.63) is 15.8 Å². The normalized spacial score (nSPS) is 24.3. The van der Waals surface area contributed by atoms with Crippen LogP contribution in [0.4, 0.5) is 11.5 Å². The lowest BCUT2D eigenvalue weighted by Gasteiger charge is -2.35. The van der Waals surface area contributed by atoms with Gasteiger partial charge in [0.25, 0.3) is 0 Å². The zero-order chi connectivity index (χ0) is 13.4. The zero-order valence-corrected chi connectivity index (χ0v) is 11.1. The fourth-order valence-corrected chi connectivity index (χ4v) is 2.55. The second-order valence-corrected chi connectivity index (χ2v) is 4.80. The highest BCUT2D eigenvalue weighted by Crippen LogP contribution is 2.32. The molecule has 0 unspecified atom stereocenters. The molecule has 0 aliphatic carbocycles. The van der Waals surface area contributed by atoms with E-state index in [1.54, 1.807) is 18.7 Å². The first kappa shape index (κ1) is 12.8. The van der Waals surface area contributed by atoms with Gasteiger partial charge in [-0.05, 0) is 20.8 Å². The van der Waals surface area contributed by atoms with E-state index in [1.165, 1.54) is 0 Å². The summed E-state index contributed by atoms with van der Waals surface area (Å²) in [6.07, 6.45) is 0.118. The summed E-state index contributed by atoms with van der Waals surface area (Å²) in [5, 5.41) is 15.3. The third-order valence-corrected chi connectivity index (χ3v) is 3.06. The van der Waals surface area contributed by atoms with Crippen LogP contribution in [0.5, 0.6) is 0 Å². The van der Waals surface area contributed by atoms with E-state index >= 15 is 0 Å². The Balaban J connectivity index is 2.41. The Labute approximate surface area is 105 Å².